The molecule has 1 amide bonds. The highest BCUT2D eigenvalue weighted by atomic mass is 32.2. The Labute approximate surface area is 133 Å². The van der Waals surface area contributed by atoms with Gasteiger partial charge in [-0.05, 0) is 43.9 Å². The summed E-state index contributed by atoms with van der Waals surface area (Å²) in [6, 6.07) is 7.91. The summed E-state index contributed by atoms with van der Waals surface area (Å²) in [4.78, 5) is 19.9. The molecule has 0 bridgehead atoms. The molecule has 1 N–H and O–H groups in total. The first-order valence-corrected chi connectivity index (χ1v) is 8.71. The summed E-state index contributed by atoms with van der Waals surface area (Å²) in [5.41, 5.74) is 0.633. The molecule has 0 spiro atoms. The predicted octanol–water partition coefficient (Wildman–Crippen LogP) is 2.90. The van der Waals surface area contributed by atoms with E-state index in [1.165, 1.54) is 16.6 Å². The zero-order valence-electron chi connectivity index (χ0n) is 12.4. The number of likely N-dealkylation sites (N-methyl/N-ethyl adjacent to an activating group) is 1. The van der Waals surface area contributed by atoms with E-state index in [1.54, 1.807) is 23.6 Å². The van der Waals surface area contributed by atoms with Crippen LogP contribution in [-0.2, 0) is 0 Å². The highest BCUT2D eigenvalue weighted by molar-refractivity contribution is 7.98. The molecule has 0 saturated heterocycles. The summed E-state index contributed by atoms with van der Waals surface area (Å²) < 4.78 is 0. The molecule has 0 unspecified atom stereocenters. The largest absolute Gasteiger partial charge is 0.350 e. The van der Waals surface area contributed by atoms with Gasteiger partial charge in [-0.2, -0.15) is 0 Å². The molecule has 112 valence electrons. The van der Waals surface area contributed by atoms with Crippen molar-refractivity contribution in [3.63, 3.8) is 0 Å². The lowest BCUT2D eigenvalue weighted by Gasteiger charge is -2.23. The molecule has 6 heteroatoms. The molecule has 21 heavy (non-hydrogen) atoms. The Morgan fingerprint density at radius 1 is 1.43 bits per heavy atom. The highest BCUT2D eigenvalue weighted by Crippen LogP contribution is 2.23. The van der Waals surface area contributed by atoms with Gasteiger partial charge in [0.1, 0.15) is 5.03 Å². The summed E-state index contributed by atoms with van der Waals surface area (Å²) in [6.45, 7) is 0.578. The number of thiophene rings is 1. The maximum Gasteiger partial charge on any atom is 0.254 e. The van der Waals surface area contributed by atoms with Crippen molar-refractivity contribution in [1.82, 2.24) is 15.2 Å². The molecule has 2 heterocycles. The minimum absolute atomic E-state index is 0.0733. The van der Waals surface area contributed by atoms with Crippen molar-refractivity contribution >= 4 is 29.0 Å². The van der Waals surface area contributed by atoms with E-state index in [0.29, 0.717) is 12.1 Å². The van der Waals surface area contributed by atoms with Gasteiger partial charge in [-0.15, -0.1) is 23.1 Å². The molecule has 2 aromatic rings. The number of nitrogens with one attached hydrogen (secondary N) is 1. The number of hydrogen-bond donors (Lipinski definition) is 1. The maximum absolute atomic E-state index is 12.3. The predicted molar refractivity (Wildman–Crippen MR) is 89.1 cm³/mol. The minimum Gasteiger partial charge on any atom is -0.350 e. The maximum atomic E-state index is 12.3. The van der Waals surface area contributed by atoms with Gasteiger partial charge in [0, 0.05) is 17.6 Å². The van der Waals surface area contributed by atoms with Gasteiger partial charge in [0.2, 0.25) is 0 Å². The average Bonchev–Trinajstić information content (AvgIpc) is 3.01. The van der Waals surface area contributed by atoms with Crippen molar-refractivity contribution in [3.05, 3.63) is 46.3 Å². The normalized spacial score (nSPS) is 12.4. The van der Waals surface area contributed by atoms with E-state index >= 15 is 0 Å². The van der Waals surface area contributed by atoms with Crippen molar-refractivity contribution in [2.75, 3.05) is 26.9 Å². The molecular weight excluding hydrogens is 302 g/mol. The fourth-order valence-electron chi connectivity index (χ4n) is 2.03. The second-order valence-corrected chi connectivity index (χ2v) is 6.54. The molecule has 0 saturated carbocycles. The number of carbonyl (C=O) groups is 1. The van der Waals surface area contributed by atoms with Crippen molar-refractivity contribution in [2.45, 2.75) is 11.1 Å². The topological polar surface area (TPSA) is 45.2 Å². The van der Waals surface area contributed by atoms with E-state index in [2.05, 4.69) is 26.6 Å². The lowest BCUT2D eigenvalue weighted by Crippen LogP contribution is -2.34. The third-order valence-electron chi connectivity index (χ3n) is 3.16. The van der Waals surface area contributed by atoms with Crippen LogP contribution in [0.2, 0.25) is 0 Å². The first kappa shape index (κ1) is 16.0. The lowest BCUT2D eigenvalue weighted by molar-refractivity contribution is 0.0938. The van der Waals surface area contributed by atoms with Crippen LogP contribution in [0.1, 0.15) is 21.3 Å². The lowest BCUT2D eigenvalue weighted by atomic mass is 10.2. The molecule has 4 nitrogen and oxygen atoms in total. The standard InChI is InChI=1S/C15H19N3OS2/c1-18(2)12(13-7-5-9-21-13)10-17-14(19)11-6-4-8-16-15(11)20-3/h4-9,12H,10H2,1-3H3,(H,17,19)/t12-/m0/s1. The van der Waals surface area contributed by atoms with Gasteiger partial charge in [0.05, 0.1) is 11.6 Å². The first-order chi connectivity index (χ1) is 10.1. The van der Waals surface area contributed by atoms with E-state index in [4.69, 9.17) is 0 Å². The second-order valence-electron chi connectivity index (χ2n) is 4.77. The minimum atomic E-state index is -0.0733. The summed E-state index contributed by atoms with van der Waals surface area (Å²) in [5.74, 6) is -0.0733. The zero-order chi connectivity index (χ0) is 15.2. The molecule has 0 aromatic carbocycles. The van der Waals surface area contributed by atoms with Crippen LogP contribution in [0, 0.1) is 0 Å². The summed E-state index contributed by atoms with van der Waals surface area (Å²) in [6.07, 6.45) is 3.63. The van der Waals surface area contributed by atoms with Crippen LogP contribution in [-0.4, -0.2) is 42.7 Å². The van der Waals surface area contributed by atoms with E-state index in [0.717, 1.165) is 5.03 Å². The van der Waals surface area contributed by atoms with E-state index in [1.807, 2.05) is 32.5 Å². The Morgan fingerprint density at radius 2 is 2.24 bits per heavy atom. The molecular formula is C15H19N3OS2. The SMILES string of the molecule is CSc1ncccc1C(=O)NC[C@@H](c1cccs1)N(C)C. The quantitative estimate of drug-likeness (QED) is 0.831. The molecule has 0 aliphatic rings. The number of pyridine rings is 1. The molecule has 0 aliphatic heterocycles. The Kier molecular flexibility index (Phi) is 5.78. The zero-order valence-corrected chi connectivity index (χ0v) is 14.0. The Hall–Kier alpha value is -1.37. The van der Waals surface area contributed by atoms with Gasteiger partial charge in [0.15, 0.2) is 0 Å². The van der Waals surface area contributed by atoms with E-state index < -0.39 is 0 Å². The molecule has 2 rings (SSSR count). The van der Waals surface area contributed by atoms with Crippen LogP contribution in [0.15, 0.2) is 40.9 Å². The summed E-state index contributed by atoms with van der Waals surface area (Å²) in [7, 11) is 4.04. The van der Waals surface area contributed by atoms with E-state index in [9.17, 15) is 4.79 Å². The third-order valence-corrected chi connectivity index (χ3v) is 4.85. The van der Waals surface area contributed by atoms with Gasteiger partial charge < -0.3 is 10.2 Å². The molecule has 1 atom stereocenters. The fraction of sp³-hybridized carbons (Fsp3) is 0.333. The van der Waals surface area contributed by atoms with Crippen LogP contribution in [0.25, 0.3) is 0 Å². The summed E-state index contributed by atoms with van der Waals surface area (Å²) in [5, 5.41) is 5.83. The molecule has 0 aliphatic carbocycles. The van der Waals surface area contributed by atoms with Gasteiger partial charge in [-0.25, -0.2) is 4.98 Å². The number of hydrogen-bond acceptors (Lipinski definition) is 5. The second kappa shape index (κ2) is 7.59. The van der Waals surface area contributed by atoms with Crippen LogP contribution >= 0.6 is 23.1 Å². The third kappa shape index (κ3) is 4.06. The number of rotatable bonds is 6. The van der Waals surface area contributed by atoms with Crippen LogP contribution in [0.3, 0.4) is 0 Å². The van der Waals surface area contributed by atoms with Gasteiger partial charge in [-0.1, -0.05) is 6.07 Å². The van der Waals surface area contributed by atoms with Gasteiger partial charge >= 0.3 is 0 Å². The number of amides is 1. The number of carbonyl (C=O) groups excluding carboxylic acids is 1. The van der Waals surface area contributed by atoms with Crippen molar-refractivity contribution in [1.29, 1.82) is 0 Å². The molecule has 0 radical (unpaired) electrons. The van der Waals surface area contributed by atoms with Crippen LogP contribution in [0.4, 0.5) is 0 Å². The number of thioether (sulfide) groups is 1. The van der Waals surface area contributed by atoms with Gasteiger partial charge in [0.25, 0.3) is 5.91 Å². The Bertz CT molecular complexity index is 584. The van der Waals surface area contributed by atoms with Crippen molar-refractivity contribution in [2.24, 2.45) is 0 Å². The van der Waals surface area contributed by atoms with Crippen molar-refractivity contribution < 1.29 is 4.79 Å². The van der Waals surface area contributed by atoms with Crippen LogP contribution < -0.4 is 5.32 Å². The fourth-order valence-corrected chi connectivity index (χ4v) is 3.50. The highest BCUT2D eigenvalue weighted by Gasteiger charge is 2.18. The number of nitrogens with zero attached hydrogens (tertiary/aromatic N) is 2. The molecule has 0 fully saturated rings. The van der Waals surface area contributed by atoms with Crippen LogP contribution in [0.5, 0.6) is 0 Å². The smallest absolute Gasteiger partial charge is 0.254 e. The Morgan fingerprint density at radius 3 is 2.86 bits per heavy atom. The van der Waals surface area contributed by atoms with Gasteiger partial charge in [-0.3, -0.25) is 4.79 Å². The molecule has 2 aromatic heterocycles. The first-order valence-electron chi connectivity index (χ1n) is 6.60. The van der Waals surface area contributed by atoms with Crippen molar-refractivity contribution in [3.8, 4) is 0 Å². The summed E-state index contributed by atoms with van der Waals surface area (Å²) >= 11 is 3.19. The Balaban J connectivity index is 2.06. The average molecular weight is 321 g/mol. The van der Waals surface area contributed by atoms with E-state index in [-0.39, 0.29) is 11.9 Å². The monoisotopic (exact) mass is 321 g/mol. The number of aromatic nitrogens is 1.